The topological polar surface area (TPSA) is 78.1 Å². The highest BCUT2D eigenvalue weighted by Crippen LogP contribution is 2.31. The van der Waals surface area contributed by atoms with Gasteiger partial charge in [0, 0.05) is 18.4 Å². The van der Waals surface area contributed by atoms with Crippen molar-refractivity contribution in [1.82, 2.24) is 15.5 Å². The summed E-state index contributed by atoms with van der Waals surface area (Å²) in [6.07, 6.45) is -2.63. The summed E-state index contributed by atoms with van der Waals surface area (Å²) in [4.78, 5) is 25.6. The summed E-state index contributed by atoms with van der Waals surface area (Å²) in [5.41, 5.74) is -0.177. The van der Waals surface area contributed by atoms with E-state index in [0.717, 1.165) is 12.1 Å². The lowest BCUT2D eigenvalue weighted by molar-refractivity contribution is -0.137. The lowest BCUT2D eigenvalue weighted by Gasteiger charge is -2.18. The fourth-order valence-corrected chi connectivity index (χ4v) is 2.52. The summed E-state index contributed by atoms with van der Waals surface area (Å²) in [6.45, 7) is 0.318. The summed E-state index contributed by atoms with van der Waals surface area (Å²) in [7, 11) is 0. The average molecular weight is 338 g/mol. The van der Waals surface area contributed by atoms with Crippen molar-refractivity contribution in [2.45, 2.75) is 18.6 Å². The van der Waals surface area contributed by atoms with Gasteiger partial charge in [-0.25, -0.2) is 0 Å². The van der Waals surface area contributed by atoms with Crippen LogP contribution in [0.2, 0.25) is 0 Å². The van der Waals surface area contributed by atoms with Crippen molar-refractivity contribution in [3.05, 3.63) is 47.8 Å². The number of aromatic nitrogens is 2. The highest BCUT2D eigenvalue weighted by Gasteiger charge is 2.35. The van der Waals surface area contributed by atoms with Crippen LogP contribution >= 0.6 is 0 Å². The van der Waals surface area contributed by atoms with Gasteiger partial charge >= 0.3 is 6.18 Å². The van der Waals surface area contributed by atoms with Gasteiger partial charge in [0.25, 0.3) is 5.91 Å². The van der Waals surface area contributed by atoms with Crippen molar-refractivity contribution in [1.29, 1.82) is 0 Å². The fourth-order valence-electron chi connectivity index (χ4n) is 2.52. The molecule has 24 heavy (non-hydrogen) atoms. The molecule has 2 amide bonds. The number of carbonyl (C=O) groups excluding carboxylic acids is 2. The Kier molecular flexibility index (Phi) is 4.00. The molecule has 1 saturated heterocycles. The van der Waals surface area contributed by atoms with E-state index < -0.39 is 23.7 Å². The first-order valence-corrected chi connectivity index (χ1v) is 7.15. The molecule has 0 unspecified atom stereocenters. The maximum Gasteiger partial charge on any atom is 0.416 e. The molecule has 126 valence electrons. The Morgan fingerprint density at radius 1 is 1.25 bits per heavy atom. The molecule has 1 aromatic heterocycles. The van der Waals surface area contributed by atoms with Crippen LogP contribution in [0.5, 0.6) is 0 Å². The van der Waals surface area contributed by atoms with E-state index in [9.17, 15) is 22.8 Å². The van der Waals surface area contributed by atoms with Crippen molar-refractivity contribution in [2.75, 3.05) is 11.4 Å². The van der Waals surface area contributed by atoms with E-state index in [2.05, 4.69) is 15.5 Å². The summed E-state index contributed by atoms with van der Waals surface area (Å²) in [6, 6.07) is 5.11. The van der Waals surface area contributed by atoms with Crippen molar-refractivity contribution >= 4 is 17.5 Å². The average Bonchev–Trinajstić information content (AvgIpc) is 3.18. The number of nitrogens with zero attached hydrogens (tertiary/aromatic N) is 2. The van der Waals surface area contributed by atoms with E-state index in [-0.39, 0.29) is 11.6 Å². The molecule has 0 spiro atoms. The number of carbonyl (C=O) groups is 2. The Hall–Kier alpha value is -2.84. The number of rotatable bonds is 3. The largest absolute Gasteiger partial charge is 0.416 e. The molecule has 1 fully saturated rings. The molecule has 1 aliphatic heterocycles. The van der Waals surface area contributed by atoms with Crippen LogP contribution in [0, 0.1) is 0 Å². The predicted molar refractivity (Wildman–Crippen MR) is 78.3 cm³/mol. The zero-order valence-corrected chi connectivity index (χ0v) is 12.3. The van der Waals surface area contributed by atoms with Crippen LogP contribution in [0.1, 0.15) is 22.5 Å². The van der Waals surface area contributed by atoms with Gasteiger partial charge in [-0.15, -0.1) is 0 Å². The number of aromatic amines is 1. The third-order valence-corrected chi connectivity index (χ3v) is 3.76. The molecule has 2 N–H and O–H groups in total. The molecule has 9 heteroatoms. The van der Waals surface area contributed by atoms with Crippen LogP contribution in [-0.2, 0) is 11.0 Å². The minimum Gasteiger partial charge on any atom is -0.339 e. The van der Waals surface area contributed by atoms with E-state index in [0.29, 0.717) is 18.7 Å². The Labute approximate surface area is 134 Å². The Morgan fingerprint density at radius 2 is 1.96 bits per heavy atom. The van der Waals surface area contributed by atoms with Gasteiger partial charge in [0.1, 0.15) is 11.7 Å². The molecule has 0 radical (unpaired) electrons. The number of H-pyrrole nitrogens is 1. The normalized spacial score (nSPS) is 18.0. The standard InChI is InChI=1S/C15H13F3N4O2/c16-15(17,18)9-1-3-10(4-2-9)22-8-6-12(14(22)24)20-13(23)11-5-7-19-21-11/h1-5,7,12H,6,8H2,(H,19,21)(H,20,23)/t12-/m0/s1. The molecule has 0 bridgehead atoms. The number of hydrogen-bond donors (Lipinski definition) is 2. The van der Waals surface area contributed by atoms with Gasteiger partial charge in [-0.2, -0.15) is 18.3 Å². The van der Waals surface area contributed by atoms with E-state index in [4.69, 9.17) is 0 Å². The number of hydrogen-bond acceptors (Lipinski definition) is 3. The van der Waals surface area contributed by atoms with Gasteiger partial charge in [-0.1, -0.05) is 0 Å². The first-order chi connectivity index (χ1) is 11.4. The third kappa shape index (κ3) is 3.10. The third-order valence-electron chi connectivity index (χ3n) is 3.76. The van der Waals surface area contributed by atoms with Crippen molar-refractivity contribution < 1.29 is 22.8 Å². The second-order valence-electron chi connectivity index (χ2n) is 5.32. The van der Waals surface area contributed by atoms with Crippen LogP contribution in [0.15, 0.2) is 36.5 Å². The lowest BCUT2D eigenvalue weighted by atomic mass is 10.2. The highest BCUT2D eigenvalue weighted by molar-refractivity contribution is 6.03. The molecule has 0 aliphatic carbocycles. The zero-order chi connectivity index (χ0) is 17.3. The molecular formula is C15H13F3N4O2. The van der Waals surface area contributed by atoms with E-state index in [1.165, 1.54) is 29.3 Å². The number of alkyl halides is 3. The summed E-state index contributed by atoms with van der Waals surface area (Å²) < 4.78 is 37.7. The number of nitrogens with one attached hydrogen (secondary N) is 2. The van der Waals surface area contributed by atoms with Gasteiger partial charge in [0.2, 0.25) is 5.91 Å². The van der Waals surface area contributed by atoms with Crippen molar-refractivity contribution in [3.63, 3.8) is 0 Å². The monoisotopic (exact) mass is 338 g/mol. The number of halogens is 3. The Bertz CT molecular complexity index is 741. The fraction of sp³-hybridized carbons (Fsp3) is 0.267. The molecule has 6 nitrogen and oxygen atoms in total. The minimum atomic E-state index is -4.42. The van der Waals surface area contributed by atoms with E-state index in [1.807, 2.05) is 0 Å². The first-order valence-electron chi connectivity index (χ1n) is 7.15. The second kappa shape index (κ2) is 5.99. The first kappa shape index (κ1) is 16.0. The molecule has 1 aliphatic rings. The zero-order valence-electron chi connectivity index (χ0n) is 12.3. The molecular weight excluding hydrogens is 325 g/mol. The summed E-state index contributed by atoms with van der Waals surface area (Å²) >= 11 is 0. The lowest BCUT2D eigenvalue weighted by Crippen LogP contribution is -2.41. The number of benzene rings is 1. The quantitative estimate of drug-likeness (QED) is 0.898. The maximum absolute atomic E-state index is 12.6. The van der Waals surface area contributed by atoms with Gasteiger partial charge in [-0.3, -0.25) is 14.7 Å². The molecule has 0 saturated carbocycles. The van der Waals surface area contributed by atoms with Crippen LogP contribution < -0.4 is 10.2 Å². The molecule has 1 aromatic carbocycles. The number of amides is 2. The van der Waals surface area contributed by atoms with Crippen LogP contribution in [-0.4, -0.2) is 34.6 Å². The highest BCUT2D eigenvalue weighted by atomic mass is 19.4. The predicted octanol–water partition coefficient (Wildman–Crippen LogP) is 1.96. The van der Waals surface area contributed by atoms with Crippen LogP contribution in [0.3, 0.4) is 0 Å². The van der Waals surface area contributed by atoms with Crippen molar-refractivity contribution in [2.24, 2.45) is 0 Å². The Morgan fingerprint density at radius 3 is 2.54 bits per heavy atom. The molecule has 3 rings (SSSR count). The molecule has 2 heterocycles. The van der Waals surface area contributed by atoms with Gasteiger partial charge in [0.05, 0.1) is 5.56 Å². The van der Waals surface area contributed by atoms with Crippen molar-refractivity contribution in [3.8, 4) is 0 Å². The van der Waals surface area contributed by atoms with Crippen LogP contribution in [0.25, 0.3) is 0 Å². The summed E-state index contributed by atoms with van der Waals surface area (Å²) in [5, 5.41) is 8.73. The minimum absolute atomic E-state index is 0.232. The molecule has 2 aromatic rings. The van der Waals surface area contributed by atoms with E-state index in [1.54, 1.807) is 0 Å². The smallest absolute Gasteiger partial charge is 0.339 e. The SMILES string of the molecule is O=C(N[C@H]1CCN(c2ccc(C(F)(F)F)cc2)C1=O)c1ccn[nH]1. The van der Waals surface area contributed by atoms with Gasteiger partial charge in [0.15, 0.2) is 0 Å². The van der Waals surface area contributed by atoms with E-state index >= 15 is 0 Å². The number of anilines is 1. The van der Waals surface area contributed by atoms with Gasteiger partial charge < -0.3 is 10.2 Å². The maximum atomic E-state index is 12.6. The summed E-state index contributed by atoms with van der Waals surface area (Å²) in [5.74, 6) is -0.817. The van der Waals surface area contributed by atoms with Crippen LogP contribution in [0.4, 0.5) is 18.9 Å². The second-order valence-corrected chi connectivity index (χ2v) is 5.32. The van der Waals surface area contributed by atoms with Gasteiger partial charge in [-0.05, 0) is 36.8 Å². The molecule has 1 atom stereocenters. The Balaban J connectivity index is 1.69.